The van der Waals surface area contributed by atoms with E-state index in [-0.39, 0.29) is 23.2 Å². The Labute approximate surface area is 351 Å². The van der Waals surface area contributed by atoms with E-state index in [4.69, 9.17) is 0 Å². The molecule has 5 saturated carbocycles. The maximum absolute atomic E-state index is 3.05. The summed E-state index contributed by atoms with van der Waals surface area (Å²) in [5.41, 5.74) is 19.0. The highest BCUT2D eigenvalue weighted by molar-refractivity contribution is 7.16. The van der Waals surface area contributed by atoms with Crippen LogP contribution in [-0.4, -0.2) is 25.9 Å². The molecule has 5 aliphatic carbocycles. The van der Waals surface area contributed by atoms with Gasteiger partial charge in [0.2, 0.25) is 0 Å². The molecule has 0 N–H and O–H groups in total. The third kappa shape index (κ3) is 3.90. The van der Waals surface area contributed by atoms with Crippen LogP contribution in [0.2, 0.25) is 13.1 Å². The van der Waals surface area contributed by atoms with Crippen molar-refractivity contribution < 1.29 is 0 Å². The number of rotatable bonds is 4. The minimum atomic E-state index is -2.04. The zero-order valence-electron chi connectivity index (χ0n) is 34.9. The zero-order valence-corrected chi connectivity index (χ0v) is 35.9. The number of benzene rings is 6. The molecule has 3 nitrogen and oxygen atoms in total. The van der Waals surface area contributed by atoms with Crippen molar-refractivity contribution >= 4 is 81.4 Å². The van der Waals surface area contributed by atoms with Crippen LogP contribution in [0.15, 0.2) is 127 Å². The summed E-state index contributed by atoms with van der Waals surface area (Å²) in [5.74, 6) is 2.56. The maximum atomic E-state index is 3.05. The summed E-state index contributed by atoms with van der Waals surface area (Å²) in [6.07, 6.45) is 10.5. The fourth-order valence-corrected chi connectivity index (χ4v) is 18.8. The molecule has 4 atom stereocenters. The first kappa shape index (κ1) is 33.8. The Kier molecular flexibility index (Phi) is 6.32. The van der Waals surface area contributed by atoms with Crippen molar-refractivity contribution in [1.29, 1.82) is 0 Å². The Hall–Kier alpha value is -5.00. The Morgan fingerprint density at radius 3 is 1.93 bits per heavy atom. The Morgan fingerprint density at radius 2 is 1.22 bits per heavy atom. The highest BCUT2D eigenvalue weighted by atomic mass is 28.3. The van der Waals surface area contributed by atoms with E-state index in [2.05, 4.69) is 169 Å². The number of fused-ring (bicyclic) bond motifs is 3. The minimum absolute atomic E-state index is 0.0317. The second-order valence-corrected chi connectivity index (χ2v) is 25.2. The fraction of sp³-hybridized carbons (Fsp3) is 0.333. The fourth-order valence-electron chi connectivity index (χ4n) is 15.6. The van der Waals surface area contributed by atoms with Crippen molar-refractivity contribution in [2.45, 2.75) is 94.8 Å². The van der Waals surface area contributed by atoms with Crippen LogP contribution in [-0.2, 0) is 5.41 Å². The molecule has 0 saturated heterocycles. The molecule has 6 aromatic rings. The van der Waals surface area contributed by atoms with Gasteiger partial charge >= 0.3 is 0 Å². The molecule has 4 heterocycles. The largest absolute Gasteiger partial charge is 0.336 e. The van der Waals surface area contributed by atoms with Crippen LogP contribution in [0.5, 0.6) is 0 Å². The molecule has 59 heavy (non-hydrogen) atoms. The molecule has 290 valence electrons. The van der Waals surface area contributed by atoms with E-state index in [1.54, 1.807) is 26.8 Å². The first-order valence-electron chi connectivity index (χ1n) is 22.8. The normalized spacial score (nSPS) is 30.2. The molecule has 4 unspecified atom stereocenters. The van der Waals surface area contributed by atoms with Crippen LogP contribution in [0.4, 0.5) is 39.8 Å². The molecule has 4 aliphatic heterocycles. The van der Waals surface area contributed by atoms with Crippen LogP contribution in [0.1, 0.15) is 70.8 Å². The smallest absolute Gasteiger partial charge is 0.251 e. The van der Waals surface area contributed by atoms with Gasteiger partial charge in [0.1, 0.15) is 8.07 Å². The summed E-state index contributed by atoms with van der Waals surface area (Å²) in [4.78, 5) is 8.61. The van der Waals surface area contributed by atoms with E-state index >= 15 is 0 Å². The van der Waals surface area contributed by atoms with Crippen LogP contribution in [0.3, 0.4) is 0 Å². The van der Waals surface area contributed by atoms with E-state index < -0.39 is 8.07 Å². The van der Waals surface area contributed by atoms with E-state index in [0.717, 1.165) is 17.8 Å². The van der Waals surface area contributed by atoms with E-state index in [9.17, 15) is 0 Å². The van der Waals surface area contributed by atoms with Gasteiger partial charge in [-0.25, -0.2) is 0 Å². The molecule has 0 aromatic heterocycles. The summed E-state index contributed by atoms with van der Waals surface area (Å²) < 4.78 is 0. The first-order valence-corrected chi connectivity index (χ1v) is 25.8. The summed E-state index contributed by atoms with van der Waals surface area (Å²) >= 11 is 0. The molecule has 4 bridgehead atoms. The van der Waals surface area contributed by atoms with E-state index in [0.29, 0.717) is 0 Å². The Bertz CT molecular complexity index is 2800. The summed E-state index contributed by atoms with van der Waals surface area (Å²) in [7, 11) is -2.04. The average Bonchev–Trinajstić information content (AvgIpc) is 4.05. The molecule has 0 spiro atoms. The molecule has 5 heteroatoms. The van der Waals surface area contributed by atoms with Crippen LogP contribution < -0.4 is 41.5 Å². The molecule has 5 fully saturated rings. The summed E-state index contributed by atoms with van der Waals surface area (Å²) in [6, 6.07) is 50.2. The number of nitrogens with zero attached hydrogens (tertiary/aromatic N) is 3. The molecular formula is C54H52BN3Si. The lowest BCUT2D eigenvalue weighted by Gasteiger charge is -2.55. The second-order valence-electron chi connectivity index (χ2n) is 20.9. The molecule has 0 radical (unpaired) electrons. The highest BCUT2D eigenvalue weighted by Gasteiger charge is 2.67. The zero-order chi connectivity index (χ0) is 39.2. The van der Waals surface area contributed by atoms with Gasteiger partial charge in [-0.2, -0.15) is 0 Å². The summed E-state index contributed by atoms with van der Waals surface area (Å²) in [5, 5.41) is 3.28. The standard InChI is InChI=1S/C54H52BN3Si/c1-52-25-11-12-26-53(52,2)57(42-24-23-35(29-41(42)52)34-15-7-5-8-16-34)40-30-45-49-46(31-40)58(54-32-36-27-38(54)28-37(36)33-54)44-20-14-22-48-51(44)55(49)50-43(19-13-21-47(50)59(48,3)4)56(45)39-17-9-6-10-18-39/h5-10,13-24,29-31,36-38H,11-12,25-28,32-33H2,1-4H3. The van der Waals surface area contributed by atoms with Crippen molar-refractivity contribution in [3.05, 3.63) is 133 Å². The van der Waals surface area contributed by atoms with Gasteiger partial charge in [-0.3, -0.25) is 0 Å². The first-order chi connectivity index (χ1) is 28.7. The number of anilines is 7. The van der Waals surface area contributed by atoms with Gasteiger partial charge < -0.3 is 14.7 Å². The van der Waals surface area contributed by atoms with E-state index in [1.165, 1.54) is 108 Å². The van der Waals surface area contributed by atoms with Gasteiger partial charge in [-0.15, -0.1) is 0 Å². The lowest BCUT2D eigenvalue weighted by molar-refractivity contribution is 0.195. The maximum Gasteiger partial charge on any atom is 0.251 e. The number of hydrogen-bond acceptors (Lipinski definition) is 3. The van der Waals surface area contributed by atoms with Gasteiger partial charge in [0.05, 0.1) is 5.54 Å². The lowest BCUT2D eigenvalue weighted by Crippen LogP contribution is -2.80. The predicted octanol–water partition coefficient (Wildman–Crippen LogP) is 10.2. The van der Waals surface area contributed by atoms with Crippen LogP contribution >= 0.6 is 0 Å². The minimum Gasteiger partial charge on any atom is -0.336 e. The van der Waals surface area contributed by atoms with Crippen molar-refractivity contribution in [1.82, 2.24) is 0 Å². The van der Waals surface area contributed by atoms with Gasteiger partial charge in [-0.05, 0) is 145 Å². The third-order valence-electron chi connectivity index (χ3n) is 18.2. The monoisotopic (exact) mass is 781 g/mol. The molecule has 6 aromatic carbocycles. The van der Waals surface area contributed by atoms with Crippen LogP contribution in [0, 0.1) is 17.8 Å². The topological polar surface area (TPSA) is 9.72 Å². The number of para-hydroxylation sites is 1. The van der Waals surface area contributed by atoms with Gasteiger partial charge in [0.15, 0.2) is 0 Å². The van der Waals surface area contributed by atoms with Crippen molar-refractivity contribution in [2.24, 2.45) is 17.8 Å². The van der Waals surface area contributed by atoms with Crippen molar-refractivity contribution in [2.75, 3.05) is 14.7 Å². The molecule has 9 aliphatic rings. The predicted molar refractivity (Wildman–Crippen MR) is 251 cm³/mol. The average molecular weight is 782 g/mol. The summed E-state index contributed by atoms with van der Waals surface area (Å²) in [6.45, 7) is 10.7. The molecule has 15 rings (SSSR count). The highest BCUT2D eigenvalue weighted by Crippen LogP contribution is 2.69. The Morgan fingerprint density at radius 1 is 0.559 bits per heavy atom. The number of hydrogen-bond donors (Lipinski definition) is 0. The van der Waals surface area contributed by atoms with Crippen molar-refractivity contribution in [3.63, 3.8) is 0 Å². The lowest BCUT2D eigenvalue weighted by atomic mass is 9.33. The van der Waals surface area contributed by atoms with Gasteiger partial charge in [0, 0.05) is 50.8 Å². The van der Waals surface area contributed by atoms with Gasteiger partial charge in [0.25, 0.3) is 6.71 Å². The molecule has 0 amide bonds. The third-order valence-corrected chi connectivity index (χ3v) is 21.8. The second kappa shape index (κ2) is 11.0. The van der Waals surface area contributed by atoms with Crippen LogP contribution in [0.25, 0.3) is 11.1 Å². The van der Waals surface area contributed by atoms with Crippen molar-refractivity contribution in [3.8, 4) is 11.1 Å². The SMILES string of the molecule is CC12CCCCC1(C)N(c1cc3c4c(c1)N(C15CC6CC1CC6C5)c1cccc5c1B4c1c(cccc1[Si]5(C)C)N3c1ccccc1)c1ccc(-c3ccccc3)cc12. The Balaban J connectivity index is 1.09. The van der Waals surface area contributed by atoms with E-state index in [1.807, 2.05) is 0 Å². The quantitative estimate of drug-likeness (QED) is 0.165. The molecular weight excluding hydrogens is 730 g/mol. The van der Waals surface area contributed by atoms with Gasteiger partial charge in [-0.1, -0.05) is 122 Å².